The molecule has 1 aromatic heterocycles. The van der Waals surface area contributed by atoms with Gasteiger partial charge in [0.2, 0.25) is 0 Å². The minimum Gasteiger partial charge on any atom is -0.459 e. The molecule has 38 heavy (non-hydrogen) atoms. The number of unbranched alkanes of at least 4 members (excludes halogenated alkanes) is 1. The van der Waals surface area contributed by atoms with Crippen molar-refractivity contribution in [3.8, 4) is 0 Å². The number of halogens is 2. The molecule has 1 aliphatic heterocycles. The average Bonchev–Trinajstić information content (AvgIpc) is 2.95. The van der Waals surface area contributed by atoms with Crippen LogP contribution >= 0.6 is 23.2 Å². The molecule has 1 saturated heterocycles. The van der Waals surface area contributed by atoms with Gasteiger partial charge in [-0.15, -0.1) is 23.2 Å². The summed E-state index contributed by atoms with van der Waals surface area (Å²) < 4.78 is 6.01. The summed E-state index contributed by atoms with van der Waals surface area (Å²) in [5.74, 6) is 0.717. The lowest BCUT2D eigenvalue weighted by Crippen LogP contribution is -2.41. The van der Waals surface area contributed by atoms with Crippen molar-refractivity contribution in [1.29, 1.82) is 0 Å². The van der Waals surface area contributed by atoms with E-state index < -0.39 is 0 Å². The highest BCUT2D eigenvalue weighted by Gasteiger charge is 2.28. The van der Waals surface area contributed by atoms with Gasteiger partial charge in [0, 0.05) is 80.0 Å². The lowest BCUT2D eigenvalue weighted by atomic mass is 9.95. The molecule has 3 rings (SSSR count). The Bertz CT molecular complexity index is 1060. The zero-order valence-corrected chi connectivity index (χ0v) is 24.0. The van der Waals surface area contributed by atoms with Crippen molar-refractivity contribution in [3.63, 3.8) is 0 Å². The van der Waals surface area contributed by atoms with E-state index in [9.17, 15) is 9.59 Å². The molecule has 206 valence electrons. The molecule has 1 amide bonds. The van der Waals surface area contributed by atoms with Gasteiger partial charge in [0.25, 0.3) is 5.91 Å². The van der Waals surface area contributed by atoms with Crippen molar-refractivity contribution in [1.82, 2.24) is 9.88 Å². The zero-order chi connectivity index (χ0) is 27.3. The van der Waals surface area contributed by atoms with Gasteiger partial charge in [-0.25, -0.2) is 4.79 Å². The molecule has 0 unspecified atom stereocenters. The summed E-state index contributed by atoms with van der Waals surface area (Å²) in [6, 6.07) is 11.5. The Labute approximate surface area is 237 Å². The van der Waals surface area contributed by atoms with Gasteiger partial charge in [-0.05, 0) is 54.7 Å². The number of allylic oxidation sites excluding steroid dienone is 1. The summed E-state index contributed by atoms with van der Waals surface area (Å²) in [4.78, 5) is 34.8. The Balaban J connectivity index is 1.65. The van der Waals surface area contributed by atoms with Gasteiger partial charge in [0.05, 0.1) is 0 Å². The van der Waals surface area contributed by atoms with Crippen molar-refractivity contribution < 1.29 is 14.3 Å². The number of aromatic nitrogens is 1. The van der Waals surface area contributed by atoms with Crippen LogP contribution in [-0.4, -0.2) is 65.8 Å². The second-order valence-corrected chi connectivity index (χ2v) is 10.2. The van der Waals surface area contributed by atoms with Gasteiger partial charge in [0.15, 0.2) is 0 Å². The molecule has 8 heteroatoms. The minimum absolute atomic E-state index is 0.0123. The van der Waals surface area contributed by atoms with Crippen molar-refractivity contribution in [2.24, 2.45) is 0 Å². The number of pyridine rings is 1. The fraction of sp³-hybridized carbons (Fsp3) is 0.500. The highest BCUT2D eigenvalue weighted by Crippen LogP contribution is 2.28. The molecule has 2 aromatic rings. The molecular formula is C30H39Cl2N3O3. The number of amides is 1. The molecular weight excluding hydrogens is 521 g/mol. The maximum absolute atomic E-state index is 13.3. The lowest BCUT2D eigenvalue weighted by molar-refractivity contribution is -0.146. The highest BCUT2D eigenvalue weighted by molar-refractivity contribution is 6.18. The number of ether oxygens (including phenoxy) is 1. The third kappa shape index (κ3) is 8.21. The Morgan fingerprint density at radius 1 is 1.05 bits per heavy atom. The molecule has 0 bridgehead atoms. The maximum Gasteiger partial charge on any atom is 0.334 e. The van der Waals surface area contributed by atoms with E-state index in [0.717, 1.165) is 41.7 Å². The predicted octanol–water partition coefficient (Wildman–Crippen LogP) is 6.57. The second-order valence-electron chi connectivity index (χ2n) is 9.47. The summed E-state index contributed by atoms with van der Waals surface area (Å²) >= 11 is 11.9. The average molecular weight is 561 g/mol. The Morgan fingerprint density at radius 3 is 2.37 bits per heavy atom. The third-order valence-electron chi connectivity index (χ3n) is 6.92. The number of piperidine rings is 1. The molecule has 0 radical (unpaired) electrons. The largest absolute Gasteiger partial charge is 0.459 e. The van der Waals surface area contributed by atoms with Crippen LogP contribution in [0.25, 0.3) is 5.57 Å². The smallest absolute Gasteiger partial charge is 0.334 e. The molecule has 0 saturated carbocycles. The van der Waals surface area contributed by atoms with E-state index in [-0.39, 0.29) is 18.0 Å². The Morgan fingerprint density at radius 2 is 1.76 bits per heavy atom. The van der Waals surface area contributed by atoms with Gasteiger partial charge in [-0.2, -0.15) is 0 Å². The fourth-order valence-corrected chi connectivity index (χ4v) is 5.26. The van der Waals surface area contributed by atoms with E-state index >= 15 is 0 Å². The number of hydrogen-bond acceptors (Lipinski definition) is 5. The van der Waals surface area contributed by atoms with Crippen LogP contribution in [0.1, 0.15) is 68.3 Å². The molecule has 0 aliphatic carbocycles. The number of rotatable bonds is 13. The van der Waals surface area contributed by atoms with Crippen LogP contribution in [0.2, 0.25) is 0 Å². The number of carbonyl (C=O) groups is 2. The van der Waals surface area contributed by atoms with Crippen LogP contribution in [0.4, 0.5) is 5.69 Å². The molecule has 0 N–H and O–H groups in total. The first kappa shape index (κ1) is 30.0. The van der Waals surface area contributed by atoms with Crippen LogP contribution in [0, 0.1) is 0 Å². The van der Waals surface area contributed by atoms with Gasteiger partial charge in [-0.1, -0.05) is 32.4 Å². The molecule has 6 nitrogen and oxygen atoms in total. The summed E-state index contributed by atoms with van der Waals surface area (Å²) in [6.07, 6.45) is 7.93. The molecule has 0 atom stereocenters. The second kappa shape index (κ2) is 15.7. The Hall–Kier alpha value is -2.57. The van der Waals surface area contributed by atoms with E-state index in [4.69, 9.17) is 27.9 Å². The molecule has 1 aliphatic rings. The molecule has 2 heterocycles. The summed E-state index contributed by atoms with van der Waals surface area (Å²) in [5, 5.41) is 0. The summed E-state index contributed by atoms with van der Waals surface area (Å²) in [5.41, 5.74) is 4.29. The van der Waals surface area contributed by atoms with Crippen molar-refractivity contribution >= 4 is 46.3 Å². The van der Waals surface area contributed by atoms with Crippen LogP contribution in [0.15, 0.2) is 54.4 Å². The van der Waals surface area contributed by atoms with E-state index in [2.05, 4.69) is 23.7 Å². The third-order valence-corrected chi connectivity index (χ3v) is 7.26. The quantitative estimate of drug-likeness (QED) is 0.158. The zero-order valence-electron chi connectivity index (χ0n) is 22.5. The number of nitrogens with zero attached hydrogens (tertiary/aromatic N) is 3. The molecule has 1 aromatic carbocycles. The van der Waals surface area contributed by atoms with Gasteiger partial charge >= 0.3 is 5.97 Å². The SMILES string of the molecule is CCCC/C(C(=O)OC1CCN(C(=O)c2cccc(N(CCCl)CCCl)c2)CC1)=C(/CC)c1cccnc1. The number of benzene rings is 1. The topological polar surface area (TPSA) is 62.7 Å². The highest BCUT2D eigenvalue weighted by atomic mass is 35.5. The van der Waals surface area contributed by atoms with E-state index in [1.165, 1.54) is 0 Å². The summed E-state index contributed by atoms with van der Waals surface area (Å²) in [7, 11) is 0. The Kier molecular flexibility index (Phi) is 12.4. The number of alkyl halides is 2. The van der Waals surface area contributed by atoms with Crippen LogP contribution in [0.3, 0.4) is 0 Å². The number of carbonyl (C=O) groups excluding carboxylic acids is 2. The molecule has 1 fully saturated rings. The number of esters is 1. The minimum atomic E-state index is -0.240. The van der Waals surface area contributed by atoms with Crippen LogP contribution in [-0.2, 0) is 9.53 Å². The fourth-order valence-electron chi connectivity index (χ4n) is 4.85. The van der Waals surface area contributed by atoms with Gasteiger partial charge in [0.1, 0.15) is 6.10 Å². The number of likely N-dealkylation sites (tertiary alicyclic amines) is 1. The first-order chi connectivity index (χ1) is 18.5. The van der Waals surface area contributed by atoms with Gasteiger partial charge < -0.3 is 14.5 Å². The number of hydrogen-bond donors (Lipinski definition) is 0. The van der Waals surface area contributed by atoms with Crippen LogP contribution in [0.5, 0.6) is 0 Å². The first-order valence-electron chi connectivity index (χ1n) is 13.6. The lowest BCUT2D eigenvalue weighted by Gasteiger charge is -2.32. The van der Waals surface area contributed by atoms with E-state index in [1.54, 1.807) is 6.20 Å². The normalized spacial score (nSPS) is 14.7. The van der Waals surface area contributed by atoms with Crippen molar-refractivity contribution in [2.75, 3.05) is 42.8 Å². The predicted molar refractivity (Wildman–Crippen MR) is 156 cm³/mol. The number of anilines is 1. The van der Waals surface area contributed by atoms with E-state index in [0.29, 0.717) is 62.8 Å². The molecule has 0 spiro atoms. The van der Waals surface area contributed by atoms with Crippen molar-refractivity contribution in [2.45, 2.75) is 58.5 Å². The van der Waals surface area contributed by atoms with Crippen molar-refractivity contribution in [3.05, 3.63) is 65.5 Å². The maximum atomic E-state index is 13.3. The first-order valence-corrected chi connectivity index (χ1v) is 14.7. The van der Waals surface area contributed by atoms with Gasteiger partial charge in [-0.3, -0.25) is 9.78 Å². The monoisotopic (exact) mass is 559 g/mol. The standard InChI is InChI=1S/C30H39Cl2N3O3/c1-3-5-11-28(27(4-2)24-9-7-16-33-22-24)30(37)38-26-12-17-35(18-13-26)29(36)23-8-6-10-25(21-23)34(19-14-31)20-15-32/h6-10,16,21-22,26H,3-5,11-15,17-20H2,1-2H3/b28-27+. The van der Waals surface area contributed by atoms with Crippen LogP contribution < -0.4 is 4.90 Å². The van der Waals surface area contributed by atoms with E-state index in [1.807, 2.05) is 47.5 Å². The summed E-state index contributed by atoms with van der Waals surface area (Å²) in [6.45, 7) is 6.60.